The maximum absolute atomic E-state index is 12.7. The Kier molecular flexibility index (Phi) is 14.8. The van der Waals surface area contributed by atoms with Gasteiger partial charge in [-0.05, 0) is 37.0 Å². The number of sulfone groups is 1. The van der Waals surface area contributed by atoms with Crippen LogP contribution < -0.4 is 0 Å². The van der Waals surface area contributed by atoms with Crippen molar-refractivity contribution in [3.8, 4) is 0 Å². The first-order valence-electron chi connectivity index (χ1n) is 11.9. The predicted molar refractivity (Wildman–Crippen MR) is 128 cm³/mol. The zero-order valence-electron chi connectivity index (χ0n) is 18.8. The van der Waals surface area contributed by atoms with Gasteiger partial charge in [0.05, 0.1) is 10.1 Å². The van der Waals surface area contributed by atoms with Crippen molar-refractivity contribution in [2.75, 3.05) is 5.88 Å². The van der Waals surface area contributed by atoms with E-state index in [1.807, 2.05) is 25.1 Å². The Hall–Kier alpha value is -0.540. The maximum atomic E-state index is 12.7. The van der Waals surface area contributed by atoms with Crippen molar-refractivity contribution in [2.24, 2.45) is 0 Å². The third-order valence-corrected chi connectivity index (χ3v) is 8.71. The first-order chi connectivity index (χ1) is 14.1. The Morgan fingerprint density at radius 1 is 0.793 bits per heavy atom. The van der Waals surface area contributed by atoms with E-state index in [0.717, 1.165) is 18.4 Å². The molecule has 0 saturated heterocycles. The van der Waals surface area contributed by atoms with Crippen molar-refractivity contribution in [1.82, 2.24) is 0 Å². The second kappa shape index (κ2) is 16.2. The van der Waals surface area contributed by atoms with Crippen molar-refractivity contribution in [3.05, 3.63) is 29.8 Å². The summed E-state index contributed by atoms with van der Waals surface area (Å²) >= 11 is 5.86. The molecule has 1 unspecified atom stereocenters. The van der Waals surface area contributed by atoms with E-state index < -0.39 is 15.1 Å². The molecule has 4 heteroatoms. The van der Waals surface area contributed by atoms with Gasteiger partial charge in [0, 0.05) is 5.88 Å². The zero-order valence-corrected chi connectivity index (χ0v) is 20.4. The van der Waals surface area contributed by atoms with Gasteiger partial charge in [-0.1, -0.05) is 103 Å². The molecular formula is C25H43ClO2S. The van der Waals surface area contributed by atoms with E-state index in [2.05, 4.69) is 6.92 Å². The highest BCUT2D eigenvalue weighted by molar-refractivity contribution is 7.92. The Balaban J connectivity index is 2.17. The number of rotatable bonds is 18. The van der Waals surface area contributed by atoms with E-state index >= 15 is 0 Å². The van der Waals surface area contributed by atoms with Gasteiger partial charge in [0.15, 0.2) is 9.84 Å². The maximum Gasteiger partial charge on any atom is 0.182 e. The smallest absolute Gasteiger partial charge is 0.182 e. The minimum Gasteiger partial charge on any atom is -0.223 e. The normalized spacial score (nSPS) is 12.9. The fourth-order valence-electron chi connectivity index (χ4n) is 3.83. The molecule has 2 nitrogen and oxygen atoms in total. The van der Waals surface area contributed by atoms with Crippen LogP contribution in [0.2, 0.25) is 0 Å². The third-order valence-electron chi connectivity index (χ3n) is 5.86. The molecule has 0 aliphatic carbocycles. The Bertz CT molecular complexity index is 623. The lowest BCUT2D eigenvalue weighted by atomic mass is 10.0. The van der Waals surface area contributed by atoms with Crippen LogP contribution in [-0.2, 0) is 16.3 Å². The van der Waals surface area contributed by atoms with Crippen molar-refractivity contribution in [3.63, 3.8) is 0 Å². The molecule has 1 rings (SSSR count). The van der Waals surface area contributed by atoms with Crippen molar-refractivity contribution in [2.45, 2.75) is 120 Å². The summed E-state index contributed by atoms with van der Waals surface area (Å²) in [5.41, 5.74) is 1.12. The third kappa shape index (κ3) is 10.9. The first-order valence-corrected chi connectivity index (χ1v) is 14.0. The minimum absolute atomic E-state index is 0.155. The van der Waals surface area contributed by atoms with E-state index in [-0.39, 0.29) is 5.88 Å². The molecule has 0 fully saturated rings. The second-order valence-corrected chi connectivity index (χ2v) is 10.9. The standard InChI is InChI=1S/C25H43ClO2S/c1-3-5-6-7-8-9-10-11-12-13-14-15-16-18-23-19-17-20-25(21-23)29(27,28)24(4-2)22-26/h17,19-21,24H,3-16,18,22H2,1-2H3. The quantitative estimate of drug-likeness (QED) is 0.170. The van der Waals surface area contributed by atoms with Gasteiger partial charge in [-0.2, -0.15) is 0 Å². The van der Waals surface area contributed by atoms with Crippen molar-refractivity contribution in [1.29, 1.82) is 0 Å². The average Bonchev–Trinajstić information content (AvgIpc) is 2.72. The van der Waals surface area contributed by atoms with Crippen LogP contribution >= 0.6 is 11.6 Å². The fraction of sp³-hybridized carbons (Fsp3) is 0.760. The molecular weight excluding hydrogens is 400 g/mol. The Morgan fingerprint density at radius 3 is 1.79 bits per heavy atom. The summed E-state index contributed by atoms with van der Waals surface area (Å²) in [6, 6.07) is 7.47. The molecule has 1 atom stereocenters. The van der Waals surface area contributed by atoms with Crippen LogP contribution in [0, 0.1) is 0 Å². The summed E-state index contributed by atoms with van der Waals surface area (Å²) in [6.07, 6.45) is 19.0. The van der Waals surface area contributed by atoms with Crippen LogP contribution in [0.1, 0.15) is 109 Å². The van der Waals surface area contributed by atoms with Gasteiger partial charge in [0.2, 0.25) is 0 Å². The number of unbranched alkanes of at least 4 members (excludes halogenated alkanes) is 12. The molecule has 0 bridgehead atoms. The molecule has 0 aliphatic heterocycles. The molecule has 0 radical (unpaired) electrons. The topological polar surface area (TPSA) is 34.1 Å². The number of aryl methyl sites for hydroxylation is 1. The lowest BCUT2D eigenvalue weighted by molar-refractivity contribution is 0.539. The summed E-state index contributed by atoms with van der Waals surface area (Å²) < 4.78 is 25.3. The summed E-state index contributed by atoms with van der Waals surface area (Å²) in [6.45, 7) is 4.15. The van der Waals surface area contributed by atoms with Crippen molar-refractivity contribution >= 4 is 21.4 Å². The molecule has 1 aromatic carbocycles. The minimum atomic E-state index is -3.31. The van der Waals surface area contributed by atoms with E-state index in [4.69, 9.17) is 11.6 Å². The molecule has 29 heavy (non-hydrogen) atoms. The molecule has 0 N–H and O–H groups in total. The first kappa shape index (κ1) is 26.5. The van der Waals surface area contributed by atoms with Gasteiger partial charge < -0.3 is 0 Å². The Labute approximate surface area is 185 Å². The largest absolute Gasteiger partial charge is 0.223 e. The highest BCUT2D eigenvalue weighted by Crippen LogP contribution is 2.21. The molecule has 0 spiro atoms. The van der Waals surface area contributed by atoms with Gasteiger partial charge in [0.1, 0.15) is 0 Å². The van der Waals surface area contributed by atoms with Gasteiger partial charge >= 0.3 is 0 Å². The van der Waals surface area contributed by atoms with E-state index in [1.165, 1.54) is 77.0 Å². The average molecular weight is 443 g/mol. The number of halogens is 1. The summed E-state index contributed by atoms with van der Waals surface area (Å²) in [5, 5.41) is -0.490. The molecule has 0 heterocycles. The number of hydrogen-bond donors (Lipinski definition) is 0. The van der Waals surface area contributed by atoms with Crippen LogP contribution in [0.4, 0.5) is 0 Å². The molecule has 168 valence electrons. The highest BCUT2D eigenvalue weighted by Gasteiger charge is 2.25. The molecule has 0 saturated carbocycles. The van der Waals surface area contributed by atoms with E-state index in [1.54, 1.807) is 6.07 Å². The monoisotopic (exact) mass is 442 g/mol. The fourth-order valence-corrected chi connectivity index (χ4v) is 6.12. The van der Waals surface area contributed by atoms with Crippen LogP contribution in [-0.4, -0.2) is 19.5 Å². The summed E-state index contributed by atoms with van der Waals surface area (Å²) in [7, 11) is -3.31. The molecule has 0 aliphatic rings. The van der Waals surface area contributed by atoms with Crippen LogP contribution in [0.5, 0.6) is 0 Å². The lowest BCUT2D eigenvalue weighted by Crippen LogP contribution is -2.22. The van der Waals surface area contributed by atoms with Gasteiger partial charge in [0.25, 0.3) is 0 Å². The highest BCUT2D eigenvalue weighted by atomic mass is 35.5. The van der Waals surface area contributed by atoms with E-state index in [9.17, 15) is 8.42 Å². The van der Waals surface area contributed by atoms with Crippen LogP contribution in [0.3, 0.4) is 0 Å². The van der Waals surface area contributed by atoms with E-state index in [0.29, 0.717) is 11.3 Å². The lowest BCUT2D eigenvalue weighted by Gasteiger charge is -2.13. The number of benzene rings is 1. The number of hydrogen-bond acceptors (Lipinski definition) is 2. The molecule has 0 aromatic heterocycles. The van der Waals surface area contributed by atoms with Crippen molar-refractivity contribution < 1.29 is 8.42 Å². The predicted octanol–water partition coefficient (Wildman–Crippen LogP) is 8.11. The summed E-state index contributed by atoms with van der Waals surface area (Å²) in [5.74, 6) is 0.155. The molecule has 1 aromatic rings. The zero-order chi connectivity index (χ0) is 21.4. The SMILES string of the molecule is CCCCCCCCCCCCCCCc1cccc(S(=O)(=O)C(CC)CCl)c1. The Morgan fingerprint density at radius 2 is 1.31 bits per heavy atom. The molecule has 0 amide bonds. The van der Waals surface area contributed by atoms with Crippen LogP contribution in [0.15, 0.2) is 29.2 Å². The van der Waals surface area contributed by atoms with Gasteiger partial charge in [-0.3, -0.25) is 0 Å². The van der Waals surface area contributed by atoms with Gasteiger partial charge in [-0.15, -0.1) is 11.6 Å². The van der Waals surface area contributed by atoms with Crippen LogP contribution in [0.25, 0.3) is 0 Å². The second-order valence-electron chi connectivity index (χ2n) is 8.37. The summed E-state index contributed by atoms with van der Waals surface area (Å²) in [4.78, 5) is 0.428. The number of alkyl halides is 1. The van der Waals surface area contributed by atoms with Gasteiger partial charge in [-0.25, -0.2) is 8.42 Å².